The van der Waals surface area contributed by atoms with Gasteiger partial charge in [0.05, 0.1) is 0 Å². The third-order valence-electron chi connectivity index (χ3n) is 3.05. The fourth-order valence-electron chi connectivity index (χ4n) is 1.93. The number of benzene rings is 2. The number of nitrogens with two attached hydrogens (primary N) is 1. The Morgan fingerprint density at radius 2 is 1.74 bits per heavy atom. The Balaban J connectivity index is 2.22. The van der Waals surface area contributed by atoms with E-state index >= 15 is 0 Å². The molecular formula is C15H14BrF2N. The highest BCUT2D eigenvalue weighted by atomic mass is 79.9. The lowest BCUT2D eigenvalue weighted by atomic mass is 9.98. The number of rotatable bonds is 3. The maximum Gasteiger partial charge on any atom is 0.128 e. The molecule has 0 radical (unpaired) electrons. The molecule has 0 aliphatic heterocycles. The first-order valence-electron chi connectivity index (χ1n) is 5.93. The van der Waals surface area contributed by atoms with Crippen LogP contribution in [0.15, 0.2) is 40.9 Å². The molecule has 2 N–H and O–H groups in total. The Hall–Kier alpha value is -1.26. The van der Waals surface area contributed by atoms with E-state index < -0.39 is 17.7 Å². The van der Waals surface area contributed by atoms with Crippen LogP contribution < -0.4 is 5.73 Å². The minimum absolute atomic E-state index is 0.214. The van der Waals surface area contributed by atoms with Crippen LogP contribution in [0.2, 0.25) is 0 Å². The van der Waals surface area contributed by atoms with Crippen molar-refractivity contribution in [3.8, 4) is 0 Å². The molecule has 0 saturated heterocycles. The first kappa shape index (κ1) is 14.2. The quantitative estimate of drug-likeness (QED) is 0.895. The van der Waals surface area contributed by atoms with Crippen molar-refractivity contribution < 1.29 is 8.78 Å². The second kappa shape index (κ2) is 5.80. The standard InChI is InChI=1S/C15H14BrF2N/c1-9-6-14(18)12(8-13(9)17)15(19)7-10-2-4-11(16)5-3-10/h2-6,8,15H,7,19H2,1H3. The lowest BCUT2D eigenvalue weighted by Gasteiger charge is -2.14. The number of hydrogen-bond donors (Lipinski definition) is 1. The van der Waals surface area contributed by atoms with Gasteiger partial charge in [-0.15, -0.1) is 0 Å². The van der Waals surface area contributed by atoms with E-state index in [0.29, 0.717) is 6.42 Å². The van der Waals surface area contributed by atoms with Gasteiger partial charge in [0, 0.05) is 16.1 Å². The Morgan fingerprint density at radius 3 is 2.37 bits per heavy atom. The van der Waals surface area contributed by atoms with Crippen molar-refractivity contribution in [2.24, 2.45) is 5.73 Å². The molecule has 0 aromatic heterocycles. The second-order valence-corrected chi connectivity index (χ2v) is 5.48. The van der Waals surface area contributed by atoms with Gasteiger partial charge in [0.2, 0.25) is 0 Å². The Morgan fingerprint density at radius 1 is 1.11 bits per heavy atom. The summed E-state index contributed by atoms with van der Waals surface area (Å²) in [5.41, 5.74) is 7.45. The zero-order chi connectivity index (χ0) is 14.0. The minimum atomic E-state index is -0.559. The summed E-state index contributed by atoms with van der Waals surface area (Å²) >= 11 is 3.34. The smallest absolute Gasteiger partial charge is 0.128 e. The SMILES string of the molecule is Cc1cc(F)c(C(N)Cc2ccc(Br)cc2)cc1F. The highest BCUT2D eigenvalue weighted by Crippen LogP contribution is 2.23. The van der Waals surface area contributed by atoms with Crippen molar-refractivity contribution >= 4 is 15.9 Å². The molecule has 2 aromatic carbocycles. The zero-order valence-electron chi connectivity index (χ0n) is 10.5. The largest absolute Gasteiger partial charge is 0.324 e. The third kappa shape index (κ3) is 3.39. The molecule has 0 heterocycles. The Labute approximate surface area is 119 Å². The van der Waals surface area contributed by atoms with Crippen molar-refractivity contribution in [3.63, 3.8) is 0 Å². The number of hydrogen-bond acceptors (Lipinski definition) is 1. The van der Waals surface area contributed by atoms with Gasteiger partial charge >= 0.3 is 0 Å². The van der Waals surface area contributed by atoms with E-state index in [2.05, 4.69) is 15.9 Å². The van der Waals surface area contributed by atoms with Crippen molar-refractivity contribution in [2.75, 3.05) is 0 Å². The van der Waals surface area contributed by atoms with Gasteiger partial charge in [0.25, 0.3) is 0 Å². The van der Waals surface area contributed by atoms with Crippen molar-refractivity contribution in [1.82, 2.24) is 0 Å². The van der Waals surface area contributed by atoms with Crippen molar-refractivity contribution in [3.05, 3.63) is 69.2 Å². The number of aryl methyl sites for hydroxylation is 1. The van der Waals surface area contributed by atoms with E-state index in [1.807, 2.05) is 24.3 Å². The molecule has 0 amide bonds. The van der Waals surface area contributed by atoms with E-state index in [1.54, 1.807) is 0 Å². The first-order chi connectivity index (χ1) is 8.97. The average Bonchev–Trinajstić information content (AvgIpc) is 2.36. The average molecular weight is 326 g/mol. The molecule has 0 bridgehead atoms. The summed E-state index contributed by atoms with van der Waals surface area (Å²) < 4.78 is 28.2. The molecule has 100 valence electrons. The van der Waals surface area contributed by atoms with Gasteiger partial charge in [-0.05, 0) is 48.7 Å². The van der Waals surface area contributed by atoms with Crippen LogP contribution in [0.4, 0.5) is 8.78 Å². The van der Waals surface area contributed by atoms with E-state index in [0.717, 1.165) is 10.0 Å². The van der Waals surface area contributed by atoms with Gasteiger partial charge < -0.3 is 5.73 Å². The molecule has 2 aromatic rings. The van der Waals surface area contributed by atoms with Crippen LogP contribution in [-0.2, 0) is 6.42 Å². The van der Waals surface area contributed by atoms with Gasteiger partial charge in [0.1, 0.15) is 11.6 Å². The van der Waals surface area contributed by atoms with Crippen LogP contribution in [0.25, 0.3) is 0 Å². The molecule has 1 unspecified atom stereocenters. The highest BCUT2D eigenvalue weighted by Gasteiger charge is 2.14. The summed E-state index contributed by atoms with van der Waals surface area (Å²) in [6.07, 6.45) is 0.465. The van der Waals surface area contributed by atoms with Crippen LogP contribution >= 0.6 is 15.9 Å². The molecule has 4 heteroatoms. The molecule has 0 spiro atoms. The second-order valence-electron chi connectivity index (χ2n) is 4.56. The molecule has 0 aliphatic rings. The van der Waals surface area contributed by atoms with E-state index in [1.165, 1.54) is 19.1 Å². The van der Waals surface area contributed by atoms with Crippen molar-refractivity contribution in [1.29, 1.82) is 0 Å². The Bertz CT molecular complexity index is 581. The molecule has 0 aliphatic carbocycles. The first-order valence-corrected chi connectivity index (χ1v) is 6.72. The van der Waals surface area contributed by atoms with Gasteiger partial charge in [-0.2, -0.15) is 0 Å². The zero-order valence-corrected chi connectivity index (χ0v) is 12.0. The topological polar surface area (TPSA) is 26.0 Å². The molecule has 0 saturated carbocycles. The summed E-state index contributed by atoms with van der Waals surface area (Å²) in [7, 11) is 0. The van der Waals surface area contributed by atoms with E-state index in [9.17, 15) is 8.78 Å². The lowest BCUT2D eigenvalue weighted by molar-refractivity contribution is 0.556. The molecule has 2 rings (SSSR count). The van der Waals surface area contributed by atoms with Crippen LogP contribution in [0.1, 0.15) is 22.7 Å². The molecular weight excluding hydrogens is 312 g/mol. The van der Waals surface area contributed by atoms with Crippen LogP contribution in [0.5, 0.6) is 0 Å². The minimum Gasteiger partial charge on any atom is -0.324 e. The summed E-state index contributed by atoms with van der Waals surface area (Å²) in [6, 6.07) is 9.43. The molecule has 0 fully saturated rings. The van der Waals surface area contributed by atoms with E-state index in [4.69, 9.17) is 5.73 Å². The number of halogens is 3. The maximum absolute atomic E-state index is 13.8. The molecule has 1 atom stereocenters. The van der Waals surface area contributed by atoms with Gasteiger partial charge in [-0.1, -0.05) is 28.1 Å². The highest BCUT2D eigenvalue weighted by molar-refractivity contribution is 9.10. The fraction of sp³-hybridized carbons (Fsp3) is 0.200. The normalized spacial score (nSPS) is 12.5. The van der Waals surface area contributed by atoms with Crippen LogP contribution in [0, 0.1) is 18.6 Å². The summed E-state index contributed by atoms with van der Waals surface area (Å²) in [5, 5.41) is 0. The van der Waals surface area contributed by atoms with Crippen LogP contribution in [-0.4, -0.2) is 0 Å². The molecule has 1 nitrogen and oxygen atoms in total. The van der Waals surface area contributed by atoms with Gasteiger partial charge in [0.15, 0.2) is 0 Å². The van der Waals surface area contributed by atoms with Gasteiger partial charge in [-0.3, -0.25) is 0 Å². The van der Waals surface area contributed by atoms with E-state index in [-0.39, 0.29) is 11.1 Å². The lowest BCUT2D eigenvalue weighted by Crippen LogP contribution is -2.15. The monoisotopic (exact) mass is 325 g/mol. The summed E-state index contributed by atoms with van der Waals surface area (Å²) in [4.78, 5) is 0. The summed E-state index contributed by atoms with van der Waals surface area (Å²) in [5.74, 6) is -0.883. The van der Waals surface area contributed by atoms with Crippen molar-refractivity contribution in [2.45, 2.75) is 19.4 Å². The predicted molar refractivity (Wildman–Crippen MR) is 75.9 cm³/mol. The predicted octanol–water partition coefficient (Wildman–Crippen LogP) is 4.28. The summed E-state index contributed by atoms with van der Waals surface area (Å²) in [6.45, 7) is 1.53. The van der Waals surface area contributed by atoms with Crippen LogP contribution in [0.3, 0.4) is 0 Å². The third-order valence-corrected chi connectivity index (χ3v) is 3.57. The van der Waals surface area contributed by atoms with Gasteiger partial charge in [-0.25, -0.2) is 8.78 Å². The molecule has 19 heavy (non-hydrogen) atoms. The maximum atomic E-state index is 13.8. The fourth-order valence-corrected chi connectivity index (χ4v) is 2.19. The Kier molecular flexibility index (Phi) is 4.32.